The van der Waals surface area contributed by atoms with E-state index in [9.17, 15) is 18.0 Å². The molecular weight excluding hydrogens is 339 g/mol. The Hall–Kier alpha value is -2.55. The van der Waals surface area contributed by atoms with Crippen LogP contribution in [0, 0.1) is 17.5 Å². The van der Waals surface area contributed by atoms with Crippen molar-refractivity contribution in [3.05, 3.63) is 51.7 Å². The van der Waals surface area contributed by atoms with E-state index in [2.05, 4.69) is 9.88 Å². The molecule has 0 bridgehead atoms. The summed E-state index contributed by atoms with van der Waals surface area (Å²) < 4.78 is 51.8. The van der Waals surface area contributed by atoms with Crippen LogP contribution in [0.15, 0.2) is 23.0 Å². The molecule has 0 spiro atoms. The van der Waals surface area contributed by atoms with Crippen molar-refractivity contribution in [2.45, 2.75) is 19.2 Å². The van der Waals surface area contributed by atoms with Crippen molar-refractivity contribution >= 4 is 5.82 Å². The minimum atomic E-state index is -1.53. The highest BCUT2D eigenvalue weighted by molar-refractivity contribution is 5.47. The largest absolute Gasteiger partial charge is 0.473 e. The van der Waals surface area contributed by atoms with Crippen LogP contribution in [0.25, 0.3) is 0 Å². The summed E-state index contributed by atoms with van der Waals surface area (Å²) in [6.45, 7) is 2.01. The van der Waals surface area contributed by atoms with Crippen molar-refractivity contribution in [1.29, 1.82) is 0 Å². The first-order valence-corrected chi connectivity index (χ1v) is 7.75. The second-order valence-corrected chi connectivity index (χ2v) is 5.93. The van der Waals surface area contributed by atoms with Gasteiger partial charge in [-0.1, -0.05) is 0 Å². The Bertz CT molecular complexity index is 864. The van der Waals surface area contributed by atoms with Crippen LogP contribution in [0.5, 0.6) is 5.88 Å². The predicted molar refractivity (Wildman–Crippen MR) is 81.1 cm³/mol. The van der Waals surface area contributed by atoms with Gasteiger partial charge in [-0.2, -0.15) is 4.98 Å². The molecule has 0 unspecified atom stereocenters. The van der Waals surface area contributed by atoms with Crippen molar-refractivity contribution in [1.82, 2.24) is 9.55 Å². The lowest BCUT2D eigenvalue weighted by atomic mass is 10.2. The number of benzene rings is 1. The zero-order valence-electron chi connectivity index (χ0n) is 13.0. The smallest absolute Gasteiger partial charge is 0.352 e. The van der Waals surface area contributed by atoms with Gasteiger partial charge in [0.2, 0.25) is 5.88 Å². The summed E-state index contributed by atoms with van der Waals surface area (Å²) in [5.74, 6) is -3.39. The van der Waals surface area contributed by atoms with Gasteiger partial charge in [-0.15, -0.1) is 0 Å². The van der Waals surface area contributed by atoms with Gasteiger partial charge in [0.05, 0.1) is 25.8 Å². The van der Waals surface area contributed by atoms with Gasteiger partial charge in [0.25, 0.3) is 0 Å². The van der Waals surface area contributed by atoms with Crippen molar-refractivity contribution < 1.29 is 22.6 Å². The lowest BCUT2D eigenvalue weighted by molar-refractivity contribution is 0.0956. The molecule has 0 amide bonds. The van der Waals surface area contributed by atoms with E-state index in [4.69, 9.17) is 9.47 Å². The van der Waals surface area contributed by atoms with Crippen molar-refractivity contribution in [3.8, 4) is 5.88 Å². The molecule has 132 valence electrons. The Labute approximate surface area is 140 Å². The molecule has 1 aromatic carbocycles. The average molecular weight is 353 g/mol. The van der Waals surface area contributed by atoms with Gasteiger partial charge < -0.3 is 14.4 Å². The molecule has 6 nitrogen and oxygen atoms in total. The SMILES string of the molecule is O=c1nc(OCc2cc(F)c(F)c(F)c2)cc2n1C[C@H]1COCCN21. The molecule has 9 heteroatoms. The number of halogens is 3. The van der Waals surface area contributed by atoms with E-state index in [1.165, 1.54) is 0 Å². The normalized spacial score (nSPS) is 18.8. The van der Waals surface area contributed by atoms with E-state index in [0.717, 1.165) is 12.1 Å². The van der Waals surface area contributed by atoms with Gasteiger partial charge >= 0.3 is 5.69 Å². The van der Waals surface area contributed by atoms with Crippen LogP contribution in [-0.2, 0) is 17.9 Å². The van der Waals surface area contributed by atoms with Gasteiger partial charge in [-0.05, 0) is 17.7 Å². The molecule has 4 rings (SSSR count). The zero-order chi connectivity index (χ0) is 17.6. The first-order valence-electron chi connectivity index (χ1n) is 7.75. The zero-order valence-corrected chi connectivity index (χ0v) is 13.0. The monoisotopic (exact) mass is 353 g/mol. The average Bonchev–Trinajstić information content (AvgIpc) is 2.97. The van der Waals surface area contributed by atoms with Crippen LogP contribution in [0.2, 0.25) is 0 Å². The number of morpholine rings is 1. The van der Waals surface area contributed by atoms with Crippen LogP contribution in [0.1, 0.15) is 5.56 Å². The number of nitrogens with zero attached hydrogens (tertiary/aromatic N) is 3. The van der Waals surface area contributed by atoms with Crippen LogP contribution in [0.3, 0.4) is 0 Å². The molecule has 2 aromatic rings. The van der Waals surface area contributed by atoms with Gasteiger partial charge in [0.1, 0.15) is 12.4 Å². The molecule has 1 saturated heterocycles. The predicted octanol–water partition coefficient (Wildman–Crippen LogP) is 1.46. The van der Waals surface area contributed by atoms with Crippen LogP contribution in [-0.4, -0.2) is 35.4 Å². The topological polar surface area (TPSA) is 56.6 Å². The molecule has 1 fully saturated rings. The highest BCUT2D eigenvalue weighted by Crippen LogP contribution is 2.28. The Balaban J connectivity index is 1.57. The Morgan fingerprint density at radius 2 is 2.00 bits per heavy atom. The number of hydrogen-bond donors (Lipinski definition) is 0. The molecule has 0 N–H and O–H groups in total. The van der Waals surface area contributed by atoms with Gasteiger partial charge in [0.15, 0.2) is 17.5 Å². The number of hydrogen-bond acceptors (Lipinski definition) is 5. The maximum atomic E-state index is 13.2. The molecule has 0 aliphatic carbocycles. The maximum Gasteiger partial charge on any atom is 0.352 e. The number of rotatable bonds is 3. The summed E-state index contributed by atoms with van der Waals surface area (Å²) in [7, 11) is 0. The fraction of sp³-hybridized carbons (Fsp3) is 0.375. The van der Waals surface area contributed by atoms with E-state index in [-0.39, 0.29) is 24.1 Å². The minimum absolute atomic E-state index is 0.0496. The maximum absolute atomic E-state index is 13.2. The molecule has 3 heterocycles. The third-order valence-corrected chi connectivity index (χ3v) is 4.31. The Kier molecular flexibility index (Phi) is 3.87. The third kappa shape index (κ3) is 2.84. The number of ether oxygens (including phenoxy) is 2. The van der Waals surface area contributed by atoms with E-state index in [1.807, 2.05) is 0 Å². The quantitative estimate of drug-likeness (QED) is 0.782. The molecule has 1 atom stereocenters. The number of aromatic nitrogens is 2. The molecule has 2 aliphatic heterocycles. The second-order valence-electron chi connectivity index (χ2n) is 5.93. The van der Waals surface area contributed by atoms with Crippen LogP contribution in [0.4, 0.5) is 19.0 Å². The molecular formula is C16H14F3N3O3. The van der Waals surface area contributed by atoms with Gasteiger partial charge in [-0.25, -0.2) is 18.0 Å². The summed E-state index contributed by atoms with van der Waals surface area (Å²) in [5, 5.41) is 0. The van der Waals surface area contributed by atoms with Crippen molar-refractivity contribution in [3.63, 3.8) is 0 Å². The summed E-state index contributed by atoms with van der Waals surface area (Å²) >= 11 is 0. The Morgan fingerprint density at radius 3 is 2.76 bits per heavy atom. The molecule has 0 saturated carbocycles. The lowest BCUT2D eigenvalue weighted by Gasteiger charge is -2.30. The van der Waals surface area contributed by atoms with Crippen LogP contribution < -0.4 is 15.3 Å². The third-order valence-electron chi connectivity index (χ3n) is 4.31. The van der Waals surface area contributed by atoms with E-state index in [1.54, 1.807) is 10.6 Å². The summed E-state index contributed by atoms with van der Waals surface area (Å²) in [6, 6.07) is 3.38. The highest BCUT2D eigenvalue weighted by atomic mass is 19.2. The van der Waals surface area contributed by atoms with E-state index < -0.39 is 23.1 Å². The summed E-state index contributed by atoms with van der Waals surface area (Å²) in [4.78, 5) is 18.1. The van der Waals surface area contributed by atoms with Crippen molar-refractivity contribution in [2.24, 2.45) is 0 Å². The fourth-order valence-electron chi connectivity index (χ4n) is 3.12. The highest BCUT2D eigenvalue weighted by Gasteiger charge is 2.33. The van der Waals surface area contributed by atoms with Gasteiger partial charge in [-0.3, -0.25) is 4.57 Å². The number of anilines is 1. The second kappa shape index (κ2) is 6.07. The fourth-order valence-corrected chi connectivity index (χ4v) is 3.12. The molecule has 25 heavy (non-hydrogen) atoms. The van der Waals surface area contributed by atoms with Crippen LogP contribution >= 0.6 is 0 Å². The standard InChI is InChI=1S/C16H14F3N3O3/c17-11-3-9(4-12(18)15(11)19)7-25-13-5-14-21-1-2-24-8-10(21)6-22(14)16(23)20-13/h3-5,10H,1-2,6-8H2/t10-/m0/s1. The first kappa shape index (κ1) is 15.9. The first-order chi connectivity index (χ1) is 12.0. The van der Waals surface area contributed by atoms with E-state index in [0.29, 0.717) is 32.1 Å². The number of fused-ring (bicyclic) bond motifs is 3. The molecule has 2 aliphatic rings. The molecule has 1 aromatic heterocycles. The summed E-state index contributed by atoms with van der Waals surface area (Å²) in [5.41, 5.74) is -0.360. The van der Waals surface area contributed by atoms with E-state index >= 15 is 0 Å². The summed E-state index contributed by atoms with van der Waals surface area (Å²) in [6.07, 6.45) is 0. The van der Waals surface area contributed by atoms with Gasteiger partial charge in [0, 0.05) is 12.6 Å². The lowest BCUT2D eigenvalue weighted by Crippen LogP contribution is -2.43. The molecule has 0 radical (unpaired) electrons. The Morgan fingerprint density at radius 1 is 1.24 bits per heavy atom. The minimum Gasteiger partial charge on any atom is -0.473 e. The van der Waals surface area contributed by atoms with Crippen molar-refractivity contribution in [2.75, 3.05) is 24.7 Å².